The van der Waals surface area contributed by atoms with Crippen LogP contribution in [0.5, 0.6) is 0 Å². The summed E-state index contributed by atoms with van der Waals surface area (Å²) in [4.78, 5) is 5.33. The molecule has 4 rings (SSSR count). The van der Waals surface area contributed by atoms with Gasteiger partial charge in [0.15, 0.2) is 11.0 Å². The highest BCUT2D eigenvalue weighted by atomic mass is 32.2. The van der Waals surface area contributed by atoms with E-state index in [1.165, 1.54) is 17.8 Å². The van der Waals surface area contributed by atoms with Crippen molar-refractivity contribution >= 4 is 23.1 Å². The van der Waals surface area contributed by atoms with Crippen molar-refractivity contribution in [2.24, 2.45) is 7.05 Å². The van der Waals surface area contributed by atoms with Crippen molar-refractivity contribution < 1.29 is 8.91 Å². The number of benzene rings is 1. The van der Waals surface area contributed by atoms with Crippen LogP contribution in [-0.2, 0) is 12.8 Å². The lowest BCUT2D eigenvalue weighted by atomic mass is 10.2. The van der Waals surface area contributed by atoms with Crippen LogP contribution in [-0.4, -0.2) is 24.9 Å². The van der Waals surface area contributed by atoms with Crippen molar-refractivity contribution in [3.8, 4) is 22.1 Å². The summed E-state index contributed by atoms with van der Waals surface area (Å²) in [6, 6.07) is 10.4. The Bertz CT molecular complexity index is 996. The number of hydrogen-bond acceptors (Lipinski definition) is 7. The van der Waals surface area contributed by atoms with Crippen LogP contribution in [0, 0.1) is 5.82 Å². The standard InChI is InChI=1S/C16H12FN5OS2/c1-22-15(10-5-2-3-6-11(10)17)19-20-16(22)25-9-13-18-14(21-23-13)12-7-4-8-24-12/h2-8H,9H2,1H3. The Hall–Kier alpha value is -2.52. The Labute approximate surface area is 150 Å². The van der Waals surface area contributed by atoms with Crippen molar-refractivity contribution in [3.63, 3.8) is 0 Å². The molecule has 0 saturated carbocycles. The van der Waals surface area contributed by atoms with Gasteiger partial charge in [0, 0.05) is 7.05 Å². The van der Waals surface area contributed by atoms with Gasteiger partial charge < -0.3 is 9.09 Å². The van der Waals surface area contributed by atoms with Gasteiger partial charge in [0.1, 0.15) is 5.82 Å². The predicted molar refractivity (Wildman–Crippen MR) is 93.6 cm³/mol. The van der Waals surface area contributed by atoms with Crippen molar-refractivity contribution in [2.75, 3.05) is 0 Å². The molecule has 0 aliphatic heterocycles. The van der Waals surface area contributed by atoms with Crippen molar-refractivity contribution in [3.05, 3.63) is 53.5 Å². The largest absolute Gasteiger partial charge is 0.338 e. The fraction of sp³-hybridized carbons (Fsp3) is 0.125. The molecule has 0 N–H and O–H groups in total. The predicted octanol–water partition coefficient (Wildman–Crippen LogP) is 4.03. The highest BCUT2D eigenvalue weighted by Crippen LogP contribution is 2.27. The van der Waals surface area contributed by atoms with E-state index in [0.717, 1.165) is 4.88 Å². The molecule has 0 radical (unpaired) electrons. The van der Waals surface area contributed by atoms with Gasteiger partial charge in [0.25, 0.3) is 0 Å². The molecule has 3 aromatic heterocycles. The first-order valence-electron chi connectivity index (χ1n) is 7.36. The van der Waals surface area contributed by atoms with Crippen LogP contribution in [0.1, 0.15) is 5.89 Å². The molecule has 0 unspecified atom stereocenters. The molecule has 0 aliphatic rings. The van der Waals surface area contributed by atoms with Crippen LogP contribution in [0.4, 0.5) is 4.39 Å². The minimum absolute atomic E-state index is 0.327. The topological polar surface area (TPSA) is 69.6 Å². The second-order valence-corrected chi connectivity index (χ2v) is 7.01. The Morgan fingerprint density at radius 1 is 1.20 bits per heavy atom. The summed E-state index contributed by atoms with van der Waals surface area (Å²) < 4.78 is 20.9. The van der Waals surface area contributed by atoms with E-state index in [4.69, 9.17) is 4.52 Å². The monoisotopic (exact) mass is 373 g/mol. The number of aromatic nitrogens is 5. The summed E-state index contributed by atoms with van der Waals surface area (Å²) in [5.41, 5.74) is 0.419. The Morgan fingerprint density at radius 3 is 2.88 bits per heavy atom. The molecule has 0 spiro atoms. The lowest BCUT2D eigenvalue weighted by Gasteiger charge is -2.03. The van der Waals surface area contributed by atoms with Crippen molar-refractivity contribution in [1.29, 1.82) is 0 Å². The van der Waals surface area contributed by atoms with E-state index >= 15 is 0 Å². The smallest absolute Gasteiger partial charge is 0.237 e. The van der Waals surface area contributed by atoms with Crippen LogP contribution in [0.25, 0.3) is 22.1 Å². The first-order chi connectivity index (χ1) is 12.2. The van der Waals surface area contributed by atoms with E-state index in [-0.39, 0.29) is 5.82 Å². The van der Waals surface area contributed by atoms with Gasteiger partial charge in [-0.05, 0) is 23.6 Å². The number of thioether (sulfide) groups is 1. The molecule has 3 heterocycles. The number of halogens is 1. The van der Waals surface area contributed by atoms with Gasteiger partial charge in [-0.3, -0.25) is 0 Å². The number of rotatable bonds is 5. The second kappa shape index (κ2) is 6.77. The van der Waals surface area contributed by atoms with Gasteiger partial charge in [-0.1, -0.05) is 35.1 Å². The second-order valence-electron chi connectivity index (χ2n) is 5.12. The van der Waals surface area contributed by atoms with Crippen molar-refractivity contribution in [1.82, 2.24) is 24.9 Å². The third-order valence-electron chi connectivity index (χ3n) is 3.48. The number of nitrogens with zero attached hydrogens (tertiary/aromatic N) is 5. The Morgan fingerprint density at radius 2 is 2.08 bits per heavy atom. The molecule has 0 bridgehead atoms. The van der Waals surface area contributed by atoms with E-state index in [0.29, 0.717) is 34.0 Å². The minimum atomic E-state index is -0.327. The lowest BCUT2D eigenvalue weighted by molar-refractivity contribution is 0.391. The normalized spacial score (nSPS) is 11.1. The Balaban J connectivity index is 1.50. The van der Waals surface area contributed by atoms with Gasteiger partial charge in [0.05, 0.1) is 16.2 Å². The zero-order valence-corrected chi connectivity index (χ0v) is 14.7. The quantitative estimate of drug-likeness (QED) is 0.492. The maximum Gasteiger partial charge on any atom is 0.237 e. The first-order valence-corrected chi connectivity index (χ1v) is 9.22. The van der Waals surface area contributed by atoms with Crippen LogP contribution in [0.15, 0.2) is 51.5 Å². The minimum Gasteiger partial charge on any atom is -0.338 e. The van der Waals surface area contributed by atoms with E-state index in [1.807, 2.05) is 17.5 Å². The van der Waals surface area contributed by atoms with Gasteiger partial charge in [-0.15, -0.1) is 21.5 Å². The van der Waals surface area contributed by atoms with Gasteiger partial charge in [-0.2, -0.15) is 4.98 Å². The molecule has 4 aromatic rings. The van der Waals surface area contributed by atoms with Crippen LogP contribution >= 0.6 is 23.1 Å². The summed E-state index contributed by atoms with van der Waals surface area (Å²) in [6.45, 7) is 0. The molecule has 0 amide bonds. The Kier molecular flexibility index (Phi) is 4.33. The molecule has 25 heavy (non-hydrogen) atoms. The summed E-state index contributed by atoms with van der Waals surface area (Å²) in [6.07, 6.45) is 0. The molecule has 126 valence electrons. The fourth-order valence-corrected chi connectivity index (χ4v) is 3.66. The summed E-state index contributed by atoms with van der Waals surface area (Å²) in [5.74, 6) is 1.69. The summed E-state index contributed by atoms with van der Waals surface area (Å²) in [7, 11) is 1.80. The van der Waals surface area contributed by atoms with Gasteiger partial charge in [0.2, 0.25) is 11.7 Å². The van der Waals surface area contributed by atoms with E-state index in [2.05, 4.69) is 20.3 Å². The average molecular weight is 373 g/mol. The molecular formula is C16H12FN5OS2. The molecule has 1 aromatic carbocycles. The fourth-order valence-electron chi connectivity index (χ4n) is 2.26. The van der Waals surface area contributed by atoms with E-state index in [9.17, 15) is 4.39 Å². The van der Waals surface area contributed by atoms with Crippen LogP contribution in [0.3, 0.4) is 0 Å². The first kappa shape index (κ1) is 16.0. The lowest BCUT2D eigenvalue weighted by Crippen LogP contribution is -1.96. The zero-order chi connectivity index (χ0) is 17.2. The summed E-state index contributed by atoms with van der Waals surface area (Å²) in [5, 5.41) is 14.8. The molecule has 9 heteroatoms. The average Bonchev–Trinajstić information content (AvgIpc) is 3.35. The molecule has 0 fully saturated rings. The number of thiophene rings is 1. The molecule has 0 aliphatic carbocycles. The third kappa shape index (κ3) is 3.20. The van der Waals surface area contributed by atoms with E-state index < -0.39 is 0 Å². The van der Waals surface area contributed by atoms with Crippen molar-refractivity contribution in [2.45, 2.75) is 10.9 Å². The molecular weight excluding hydrogens is 361 g/mol. The summed E-state index contributed by atoms with van der Waals surface area (Å²) >= 11 is 2.96. The molecule has 0 atom stereocenters. The van der Waals surface area contributed by atoms with Gasteiger partial charge >= 0.3 is 0 Å². The van der Waals surface area contributed by atoms with Crippen LogP contribution in [0.2, 0.25) is 0 Å². The third-order valence-corrected chi connectivity index (χ3v) is 5.35. The highest BCUT2D eigenvalue weighted by molar-refractivity contribution is 7.98. The maximum atomic E-state index is 13.9. The molecule has 6 nitrogen and oxygen atoms in total. The van der Waals surface area contributed by atoms with E-state index in [1.54, 1.807) is 41.2 Å². The zero-order valence-electron chi connectivity index (χ0n) is 13.1. The van der Waals surface area contributed by atoms with Crippen LogP contribution < -0.4 is 0 Å². The maximum absolute atomic E-state index is 13.9. The van der Waals surface area contributed by atoms with Gasteiger partial charge in [-0.25, -0.2) is 4.39 Å². The SMILES string of the molecule is Cn1c(SCc2nc(-c3cccs3)no2)nnc1-c1ccccc1F. The molecule has 0 saturated heterocycles. The highest BCUT2D eigenvalue weighted by Gasteiger charge is 2.16. The number of hydrogen-bond donors (Lipinski definition) is 0.